The lowest BCUT2D eigenvalue weighted by Gasteiger charge is -2.19. The van der Waals surface area contributed by atoms with Crippen molar-refractivity contribution in [3.05, 3.63) is 0 Å². The van der Waals surface area contributed by atoms with Gasteiger partial charge in [-0.05, 0) is 13.5 Å². The van der Waals surface area contributed by atoms with Crippen LogP contribution in [0, 0.1) is 0 Å². The van der Waals surface area contributed by atoms with Gasteiger partial charge in [-0.3, -0.25) is 9.69 Å². The van der Waals surface area contributed by atoms with E-state index in [1.54, 1.807) is 0 Å². The zero-order valence-electron chi connectivity index (χ0n) is 9.66. The molecule has 0 heterocycles. The van der Waals surface area contributed by atoms with E-state index in [1.807, 2.05) is 18.7 Å². The number of nitrogens with zero attached hydrogens (tertiary/aromatic N) is 1. The lowest BCUT2D eigenvalue weighted by molar-refractivity contribution is -0.122. The van der Waals surface area contributed by atoms with Crippen molar-refractivity contribution in [1.29, 1.82) is 0 Å². The molecule has 0 aromatic heterocycles. The lowest BCUT2D eigenvalue weighted by atomic mass is 10.4. The highest BCUT2D eigenvalue weighted by molar-refractivity contribution is 5.77. The van der Waals surface area contributed by atoms with Gasteiger partial charge < -0.3 is 15.2 Å². The van der Waals surface area contributed by atoms with Crippen molar-refractivity contribution >= 4 is 5.91 Å². The number of aliphatic hydroxyl groups excluding tert-OH is 1. The Balaban J connectivity index is 3.62. The maximum absolute atomic E-state index is 11.3. The third-order valence-corrected chi connectivity index (χ3v) is 2.00. The van der Waals surface area contributed by atoms with Crippen molar-refractivity contribution in [2.45, 2.75) is 13.8 Å². The lowest BCUT2D eigenvalue weighted by Crippen LogP contribution is -2.39. The summed E-state index contributed by atoms with van der Waals surface area (Å²) in [7, 11) is 0. The average Bonchev–Trinajstić information content (AvgIpc) is 2.25. The van der Waals surface area contributed by atoms with Crippen LogP contribution in [0.2, 0.25) is 0 Å². The molecule has 5 heteroatoms. The molecule has 0 rings (SSSR count). The smallest absolute Gasteiger partial charge is 0.234 e. The summed E-state index contributed by atoms with van der Waals surface area (Å²) in [6, 6.07) is 0. The topological polar surface area (TPSA) is 61.8 Å². The molecule has 15 heavy (non-hydrogen) atoms. The van der Waals surface area contributed by atoms with Crippen LogP contribution in [0.5, 0.6) is 0 Å². The Labute approximate surface area is 91.4 Å². The van der Waals surface area contributed by atoms with E-state index in [0.29, 0.717) is 26.3 Å². The van der Waals surface area contributed by atoms with Crippen LogP contribution < -0.4 is 5.32 Å². The fourth-order valence-corrected chi connectivity index (χ4v) is 1.14. The van der Waals surface area contributed by atoms with E-state index in [-0.39, 0.29) is 12.5 Å². The summed E-state index contributed by atoms with van der Waals surface area (Å²) in [5, 5.41) is 11.1. The van der Waals surface area contributed by atoms with Crippen molar-refractivity contribution in [2.24, 2.45) is 0 Å². The van der Waals surface area contributed by atoms with Crippen LogP contribution in [-0.4, -0.2) is 61.9 Å². The molecule has 2 N–H and O–H groups in total. The van der Waals surface area contributed by atoms with Crippen molar-refractivity contribution in [3.8, 4) is 0 Å². The molecule has 0 fully saturated rings. The van der Waals surface area contributed by atoms with Gasteiger partial charge in [0.15, 0.2) is 0 Å². The first-order valence-corrected chi connectivity index (χ1v) is 5.42. The summed E-state index contributed by atoms with van der Waals surface area (Å²) < 4.78 is 5.22. The highest BCUT2D eigenvalue weighted by Gasteiger charge is 2.07. The fraction of sp³-hybridized carbons (Fsp3) is 0.900. The van der Waals surface area contributed by atoms with Gasteiger partial charge in [-0.25, -0.2) is 0 Å². The number of hydrogen-bond donors (Lipinski definition) is 2. The molecule has 0 spiro atoms. The van der Waals surface area contributed by atoms with Gasteiger partial charge in [0.2, 0.25) is 5.91 Å². The Morgan fingerprint density at radius 3 is 2.73 bits per heavy atom. The van der Waals surface area contributed by atoms with Crippen LogP contribution in [0.25, 0.3) is 0 Å². The molecule has 0 atom stereocenters. The molecule has 0 aliphatic heterocycles. The van der Waals surface area contributed by atoms with Crippen LogP contribution in [0.3, 0.4) is 0 Å². The Morgan fingerprint density at radius 2 is 2.20 bits per heavy atom. The second-order valence-electron chi connectivity index (χ2n) is 3.14. The third kappa shape index (κ3) is 8.35. The minimum Gasteiger partial charge on any atom is -0.395 e. The van der Waals surface area contributed by atoms with Crippen LogP contribution >= 0.6 is 0 Å². The molecule has 0 aromatic rings. The number of nitrogens with one attached hydrogen (secondary N) is 1. The number of hydrogen-bond acceptors (Lipinski definition) is 4. The Morgan fingerprint density at radius 1 is 1.47 bits per heavy atom. The van der Waals surface area contributed by atoms with Gasteiger partial charge in [0.25, 0.3) is 0 Å². The summed E-state index contributed by atoms with van der Waals surface area (Å²) in [5.41, 5.74) is 0. The molecule has 0 aliphatic rings. The third-order valence-electron chi connectivity index (χ3n) is 2.00. The minimum absolute atomic E-state index is 0.0171. The van der Waals surface area contributed by atoms with Gasteiger partial charge >= 0.3 is 0 Å². The maximum Gasteiger partial charge on any atom is 0.234 e. The molecule has 0 radical (unpaired) electrons. The van der Waals surface area contributed by atoms with E-state index in [2.05, 4.69) is 5.32 Å². The van der Waals surface area contributed by atoms with Crippen molar-refractivity contribution in [1.82, 2.24) is 10.2 Å². The standard InChI is InChI=1S/C10H22N2O3/c1-3-12(6-8-15-4-2)9-10(14)11-5-7-13/h13H,3-9H2,1-2H3,(H,11,14). The number of aliphatic hydroxyl groups is 1. The predicted molar refractivity (Wildman–Crippen MR) is 58.7 cm³/mol. The Kier molecular flexibility index (Phi) is 9.46. The predicted octanol–water partition coefficient (Wildman–Crippen LogP) is -0.547. The van der Waals surface area contributed by atoms with Gasteiger partial charge in [0.1, 0.15) is 0 Å². The zero-order chi connectivity index (χ0) is 11.5. The van der Waals surface area contributed by atoms with Gasteiger partial charge in [0, 0.05) is 19.7 Å². The molecule has 90 valence electrons. The first-order valence-electron chi connectivity index (χ1n) is 5.42. The molecule has 0 unspecified atom stereocenters. The molecule has 0 bridgehead atoms. The molecule has 0 saturated carbocycles. The Hall–Kier alpha value is -0.650. The van der Waals surface area contributed by atoms with E-state index in [4.69, 9.17) is 9.84 Å². The highest BCUT2D eigenvalue weighted by Crippen LogP contribution is 1.88. The Bertz CT molecular complexity index is 165. The minimum atomic E-state index is -0.0533. The van der Waals surface area contributed by atoms with Crippen molar-refractivity contribution in [2.75, 3.05) is 46.0 Å². The largest absolute Gasteiger partial charge is 0.395 e. The van der Waals surface area contributed by atoms with Crippen LogP contribution in [0.15, 0.2) is 0 Å². The molecular weight excluding hydrogens is 196 g/mol. The first kappa shape index (κ1) is 14.3. The SMILES string of the molecule is CCOCCN(CC)CC(=O)NCCO. The second-order valence-corrected chi connectivity index (χ2v) is 3.14. The quantitative estimate of drug-likeness (QED) is 0.510. The molecule has 0 saturated heterocycles. The number of ether oxygens (including phenoxy) is 1. The molecule has 1 amide bonds. The number of rotatable bonds is 9. The highest BCUT2D eigenvalue weighted by atomic mass is 16.5. The summed E-state index contributed by atoms with van der Waals surface area (Å²) >= 11 is 0. The maximum atomic E-state index is 11.3. The number of amides is 1. The van der Waals surface area contributed by atoms with E-state index in [9.17, 15) is 4.79 Å². The van der Waals surface area contributed by atoms with E-state index in [1.165, 1.54) is 0 Å². The van der Waals surface area contributed by atoms with Crippen LogP contribution in [-0.2, 0) is 9.53 Å². The van der Waals surface area contributed by atoms with Gasteiger partial charge in [-0.2, -0.15) is 0 Å². The number of carbonyl (C=O) groups excluding carboxylic acids is 1. The normalized spacial score (nSPS) is 10.7. The van der Waals surface area contributed by atoms with Gasteiger partial charge in [-0.15, -0.1) is 0 Å². The van der Waals surface area contributed by atoms with Gasteiger partial charge in [-0.1, -0.05) is 6.92 Å². The summed E-state index contributed by atoms with van der Waals surface area (Å²) in [5.74, 6) is -0.0533. The molecular formula is C10H22N2O3. The summed E-state index contributed by atoms with van der Waals surface area (Å²) in [6.45, 7) is 7.56. The summed E-state index contributed by atoms with van der Waals surface area (Å²) in [4.78, 5) is 13.3. The second kappa shape index (κ2) is 9.89. The first-order chi connectivity index (χ1) is 7.24. The van der Waals surface area contributed by atoms with E-state index < -0.39 is 0 Å². The van der Waals surface area contributed by atoms with E-state index in [0.717, 1.165) is 13.1 Å². The van der Waals surface area contributed by atoms with Gasteiger partial charge in [0.05, 0.1) is 19.8 Å². The molecule has 5 nitrogen and oxygen atoms in total. The average molecular weight is 218 g/mol. The van der Waals surface area contributed by atoms with E-state index >= 15 is 0 Å². The number of carbonyl (C=O) groups is 1. The summed E-state index contributed by atoms with van der Waals surface area (Å²) in [6.07, 6.45) is 0. The van der Waals surface area contributed by atoms with Crippen LogP contribution in [0.4, 0.5) is 0 Å². The molecule has 0 aliphatic carbocycles. The fourth-order valence-electron chi connectivity index (χ4n) is 1.14. The zero-order valence-corrected chi connectivity index (χ0v) is 9.66. The molecule has 0 aromatic carbocycles. The van der Waals surface area contributed by atoms with Crippen molar-refractivity contribution < 1.29 is 14.6 Å². The van der Waals surface area contributed by atoms with Crippen LogP contribution in [0.1, 0.15) is 13.8 Å². The monoisotopic (exact) mass is 218 g/mol. The number of likely N-dealkylation sites (N-methyl/N-ethyl adjacent to an activating group) is 1. The van der Waals surface area contributed by atoms with Crippen molar-refractivity contribution in [3.63, 3.8) is 0 Å².